The first kappa shape index (κ1) is 14.0. The van der Waals surface area contributed by atoms with Crippen LogP contribution in [0.4, 0.5) is 10.1 Å². The van der Waals surface area contributed by atoms with Crippen molar-refractivity contribution < 1.29 is 14.1 Å². The molecule has 0 unspecified atom stereocenters. The Balaban J connectivity index is 1.89. The molecule has 0 aliphatic heterocycles. The molecule has 104 valence electrons. The van der Waals surface area contributed by atoms with E-state index in [2.05, 4.69) is 0 Å². The number of halogens is 1. The summed E-state index contributed by atoms with van der Waals surface area (Å²) in [4.78, 5) is 10.1. The molecule has 0 saturated heterocycles. The molecule has 5 heteroatoms. The average molecular weight is 275 g/mol. The van der Waals surface area contributed by atoms with Crippen LogP contribution in [0.5, 0.6) is 5.75 Å². The molecule has 2 aromatic rings. The van der Waals surface area contributed by atoms with Crippen molar-refractivity contribution in [2.24, 2.45) is 0 Å². The van der Waals surface area contributed by atoms with Crippen LogP contribution in [-0.4, -0.2) is 11.5 Å². The van der Waals surface area contributed by atoms with E-state index in [-0.39, 0.29) is 11.5 Å². The van der Waals surface area contributed by atoms with Gasteiger partial charge in [0.05, 0.1) is 11.5 Å². The summed E-state index contributed by atoms with van der Waals surface area (Å²) in [6.45, 7) is 2.11. The maximum absolute atomic E-state index is 13.1. The van der Waals surface area contributed by atoms with E-state index >= 15 is 0 Å². The van der Waals surface area contributed by atoms with Crippen LogP contribution in [0, 0.1) is 22.9 Å². The van der Waals surface area contributed by atoms with E-state index in [1.807, 2.05) is 0 Å². The maximum atomic E-state index is 13.1. The molecule has 0 amide bonds. The fourth-order valence-corrected chi connectivity index (χ4v) is 1.78. The Hall–Kier alpha value is -2.43. The van der Waals surface area contributed by atoms with Crippen molar-refractivity contribution in [2.45, 2.75) is 13.3 Å². The van der Waals surface area contributed by atoms with Crippen molar-refractivity contribution in [3.63, 3.8) is 0 Å². The third-order valence-electron chi connectivity index (χ3n) is 2.94. The second-order valence-corrected chi connectivity index (χ2v) is 4.43. The number of aryl methyl sites for hydroxylation is 1. The van der Waals surface area contributed by atoms with Gasteiger partial charge < -0.3 is 4.74 Å². The Morgan fingerprint density at radius 1 is 1.20 bits per heavy atom. The molecule has 0 N–H and O–H groups in total. The molecule has 4 nitrogen and oxygen atoms in total. The number of nitro groups is 1. The molecule has 20 heavy (non-hydrogen) atoms. The zero-order chi connectivity index (χ0) is 14.5. The van der Waals surface area contributed by atoms with Gasteiger partial charge in [-0.15, -0.1) is 0 Å². The van der Waals surface area contributed by atoms with E-state index in [0.29, 0.717) is 24.3 Å². The number of hydrogen-bond acceptors (Lipinski definition) is 3. The van der Waals surface area contributed by atoms with Crippen molar-refractivity contribution in [1.82, 2.24) is 0 Å². The van der Waals surface area contributed by atoms with Gasteiger partial charge in [-0.05, 0) is 36.2 Å². The summed E-state index contributed by atoms with van der Waals surface area (Å²) in [6.07, 6.45) is 0.633. The van der Waals surface area contributed by atoms with Crippen LogP contribution in [0.3, 0.4) is 0 Å². The smallest absolute Gasteiger partial charge is 0.269 e. The van der Waals surface area contributed by atoms with Gasteiger partial charge in [0.1, 0.15) is 11.6 Å². The van der Waals surface area contributed by atoms with Crippen LogP contribution < -0.4 is 4.74 Å². The van der Waals surface area contributed by atoms with Crippen LogP contribution in [0.15, 0.2) is 42.5 Å². The number of ether oxygens (including phenoxy) is 1. The molecule has 0 fully saturated rings. The molecule has 0 atom stereocenters. The van der Waals surface area contributed by atoms with Crippen LogP contribution in [0.2, 0.25) is 0 Å². The van der Waals surface area contributed by atoms with E-state index in [9.17, 15) is 14.5 Å². The molecule has 0 bridgehead atoms. The first-order valence-corrected chi connectivity index (χ1v) is 6.18. The van der Waals surface area contributed by atoms with Crippen LogP contribution >= 0.6 is 0 Å². The Kier molecular flexibility index (Phi) is 4.30. The Labute approximate surface area is 116 Å². The third kappa shape index (κ3) is 3.54. The molecule has 0 aromatic heterocycles. The lowest BCUT2D eigenvalue weighted by atomic mass is 10.1. The van der Waals surface area contributed by atoms with Crippen molar-refractivity contribution in [3.8, 4) is 5.75 Å². The molecule has 2 rings (SSSR count). The summed E-state index contributed by atoms with van der Waals surface area (Å²) in [5, 5.41) is 10.5. The second-order valence-electron chi connectivity index (χ2n) is 4.43. The first-order valence-electron chi connectivity index (χ1n) is 6.18. The maximum Gasteiger partial charge on any atom is 0.269 e. The summed E-state index contributed by atoms with van der Waals surface area (Å²) in [6, 6.07) is 10.9. The SMILES string of the molecule is Cc1cc(OCCc2ccc([N+](=O)[O-])cc2)ccc1F. The minimum absolute atomic E-state index is 0.0730. The number of benzene rings is 2. The normalized spacial score (nSPS) is 10.3. The molecular weight excluding hydrogens is 261 g/mol. The lowest BCUT2D eigenvalue weighted by Gasteiger charge is -2.07. The Morgan fingerprint density at radius 3 is 2.50 bits per heavy atom. The monoisotopic (exact) mass is 275 g/mol. The van der Waals surface area contributed by atoms with Gasteiger partial charge in [-0.1, -0.05) is 12.1 Å². The summed E-state index contributed by atoms with van der Waals surface area (Å²) >= 11 is 0. The topological polar surface area (TPSA) is 52.4 Å². The predicted molar refractivity (Wildman–Crippen MR) is 73.4 cm³/mol. The lowest BCUT2D eigenvalue weighted by molar-refractivity contribution is -0.384. The third-order valence-corrected chi connectivity index (χ3v) is 2.94. The second kappa shape index (κ2) is 6.14. The number of hydrogen-bond donors (Lipinski definition) is 0. The minimum Gasteiger partial charge on any atom is -0.493 e. The summed E-state index contributed by atoms with van der Waals surface area (Å²) in [5.74, 6) is 0.360. The number of nitro benzene ring substituents is 1. The Bertz CT molecular complexity index is 611. The van der Waals surface area contributed by atoms with Gasteiger partial charge in [0.2, 0.25) is 0 Å². The van der Waals surface area contributed by atoms with Gasteiger partial charge in [0, 0.05) is 18.6 Å². The molecule has 0 heterocycles. The predicted octanol–water partition coefficient (Wildman–Crippen LogP) is 3.66. The molecule has 0 radical (unpaired) electrons. The lowest BCUT2D eigenvalue weighted by Crippen LogP contribution is -2.02. The summed E-state index contributed by atoms with van der Waals surface area (Å²) in [5.41, 5.74) is 1.57. The highest BCUT2D eigenvalue weighted by atomic mass is 19.1. The van der Waals surface area contributed by atoms with Crippen LogP contribution in [0.25, 0.3) is 0 Å². The van der Waals surface area contributed by atoms with Gasteiger partial charge in [-0.2, -0.15) is 0 Å². The average Bonchev–Trinajstić information content (AvgIpc) is 2.43. The summed E-state index contributed by atoms with van der Waals surface area (Å²) < 4.78 is 18.6. The fourth-order valence-electron chi connectivity index (χ4n) is 1.78. The van der Waals surface area contributed by atoms with Crippen molar-refractivity contribution in [2.75, 3.05) is 6.61 Å². The van der Waals surface area contributed by atoms with E-state index in [0.717, 1.165) is 5.56 Å². The van der Waals surface area contributed by atoms with Gasteiger partial charge in [0.25, 0.3) is 5.69 Å². The highest BCUT2D eigenvalue weighted by molar-refractivity contribution is 5.33. The molecule has 2 aromatic carbocycles. The van der Waals surface area contributed by atoms with Crippen molar-refractivity contribution in [3.05, 3.63) is 69.5 Å². The zero-order valence-electron chi connectivity index (χ0n) is 11.0. The molecule has 0 aliphatic carbocycles. The number of rotatable bonds is 5. The fraction of sp³-hybridized carbons (Fsp3) is 0.200. The first-order chi connectivity index (χ1) is 9.56. The van der Waals surface area contributed by atoms with Gasteiger partial charge in [0.15, 0.2) is 0 Å². The minimum atomic E-state index is -0.429. The van der Waals surface area contributed by atoms with Gasteiger partial charge in [-0.25, -0.2) is 4.39 Å². The van der Waals surface area contributed by atoms with E-state index in [1.165, 1.54) is 18.2 Å². The number of non-ortho nitro benzene ring substituents is 1. The standard InChI is InChI=1S/C15H14FNO3/c1-11-10-14(6-7-15(11)16)20-9-8-12-2-4-13(5-3-12)17(18)19/h2-7,10H,8-9H2,1H3. The van der Waals surface area contributed by atoms with Crippen LogP contribution in [-0.2, 0) is 6.42 Å². The Morgan fingerprint density at radius 2 is 1.90 bits per heavy atom. The van der Waals surface area contributed by atoms with Crippen LogP contribution in [0.1, 0.15) is 11.1 Å². The summed E-state index contributed by atoms with van der Waals surface area (Å²) in [7, 11) is 0. The molecular formula is C15H14FNO3. The highest BCUT2D eigenvalue weighted by Gasteiger charge is 2.04. The quantitative estimate of drug-likeness (QED) is 0.618. The van der Waals surface area contributed by atoms with Gasteiger partial charge >= 0.3 is 0 Å². The molecule has 0 aliphatic rings. The largest absolute Gasteiger partial charge is 0.493 e. The van der Waals surface area contributed by atoms with Gasteiger partial charge in [-0.3, -0.25) is 10.1 Å². The zero-order valence-corrected chi connectivity index (χ0v) is 11.0. The number of nitrogens with zero attached hydrogens (tertiary/aromatic N) is 1. The van der Waals surface area contributed by atoms with E-state index < -0.39 is 4.92 Å². The van der Waals surface area contributed by atoms with Crippen molar-refractivity contribution >= 4 is 5.69 Å². The van der Waals surface area contributed by atoms with E-state index in [1.54, 1.807) is 31.2 Å². The highest BCUT2D eigenvalue weighted by Crippen LogP contribution is 2.17. The van der Waals surface area contributed by atoms with E-state index in [4.69, 9.17) is 4.74 Å². The van der Waals surface area contributed by atoms with Crippen molar-refractivity contribution in [1.29, 1.82) is 0 Å². The molecule has 0 saturated carbocycles. The molecule has 0 spiro atoms.